The van der Waals surface area contributed by atoms with Gasteiger partial charge >= 0.3 is 0 Å². The highest BCUT2D eigenvalue weighted by molar-refractivity contribution is 5.83. The van der Waals surface area contributed by atoms with E-state index in [2.05, 4.69) is 11.4 Å². The van der Waals surface area contributed by atoms with Crippen molar-refractivity contribution in [3.05, 3.63) is 29.8 Å². The number of aliphatic hydroxyl groups is 1. The van der Waals surface area contributed by atoms with Crippen LogP contribution in [-0.4, -0.2) is 30.8 Å². The van der Waals surface area contributed by atoms with E-state index in [-0.39, 0.29) is 30.4 Å². The summed E-state index contributed by atoms with van der Waals surface area (Å²) < 4.78 is 5.26. The second-order valence-corrected chi connectivity index (χ2v) is 6.92. The van der Waals surface area contributed by atoms with E-state index >= 15 is 0 Å². The molecule has 0 bridgehead atoms. The molecule has 0 spiro atoms. The molecule has 1 aromatic rings. The lowest BCUT2D eigenvalue weighted by Gasteiger charge is -2.24. The number of nitrogens with one attached hydrogen (secondary N) is 1. The Morgan fingerprint density at radius 1 is 1.30 bits per heavy atom. The Morgan fingerprint density at radius 3 is 2.91 bits per heavy atom. The summed E-state index contributed by atoms with van der Waals surface area (Å²) in [5, 5.41) is 12.8. The molecule has 3 rings (SSSR count). The van der Waals surface area contributed by atoms with Crippen molar-refractivity contribution in [2.75, 3.05) is 13.7 Å². The molecule has 1 aromatic carbocycles. The third kappa shape index (κ3) is 3.86. The monoisotopic (exact) mass is 317 g/mol. The number of aliphatic hydroxyl groups excluding tert-OH is 1. The van der Waals surface area contributed by atoms with Crippen LogP contribution in [0.5, 0.6) is 5.75 Å². The zero-order chi connectivity index (χ0) is 16.2. The summed E-state index contributed by atoms with van der Waals surface area (Å²) in [6, 6.07) is 8.15. The number of ether oxygens (including phenoxy) is 1. The molecule has 4 heteroatoms. The lowest BCUT2D eigenvalue weighted by Crippen LogP contribution is -2.42. The average molecular weight is 317 g/mol. The molecule has 0 aromatic heterocycles. The van der Waals surface area contributed by atoms with Crippen molar-refractivity contribution in [1.82, 2.24) is 5.32 Å². The van der Waals surface area contributed by atoms with Crippen LogP contribution in [0, 0.1) is 11.8 Å². The van der Waals surface area contributed by atoms with Gasteiger partial charge in [0, 0.05) is 24.5 Å². The minimum absolute atomic E-state index is 0.0738. The molecule has 2 N–H and O–H groups in total. The average Bonchev–Trinajstić information content (AvgIpc) is 3.39. The Bertz CT molecular complexity index is 545. The number of rotatable bonds is 5. The lowest BCUT2D eigenvalue weighted by atomic mass is 9.95. The third-order valence-corrected chi connectivity index (χ3v) is 5.37. The van der Waals surface area contributed by atoms with Crippen molar-refractivity contribution in [3.8, 4) is 5.75 Å². The first-order valence-electron chi connectivity index (χ1n) is 8.78. The van der Waals surface area contributed by atoms with Crippen molar-refractivity contribution in [1.29, 1.82) is 0 Å². The summed E-state index contributed by atoms with van der Waals surface area (Å²) in [5.41, 5.74) is 1.18. The molecule has 0 heterocycles. The Balaban J connectivity index is 1.59. The van der Waals surface area contributed by atoms with E-state index in [1.807, 2.05) is 18.2 Å². The molecule has 4 unspecified atom stereocenters. The lowest BCUT2D eigenvalue weighted by molar-refractivity contribution is -0.123. The van der Waals surface area contributed by atoms with E-state index in [9.17, 15) is 9.90 Å². The fourth-order valence-electron chi connectivity index (χ4n) is 3.81. The minimum atomic E-state index is 0.0738. The van der Waals surface area contributed by atoms with Crippen LogP contribution in [0.25, 0.3) is 0 Å². The van der Waals surface area contributed by atoms with Gasteiger partial charge < -0.3 is 15.2 Å². The van der Waals surface area contributed by atoms with E-state index in [1.165, 1.54) is 12.0 Å². The number of carbonyl (C=O) groups is 1. The van der Waals surface area contributed by atoms with Gasteiger partial charge in [0.25, 0.3) is 0 Å². The van der Waals surface area contributed by atoms with Gasteiger partial charge in [-0.3, -0.25) is 4.79 Å². The summed E-state index contributed by atoms with van der Waals surface area (Å²) >= 11 is 0. The second-order valence-electron chi connectivity index (χ2n) is 6.92. The molecule has 0 radical (unpaired) electrons. The molecule has 23 heavy (non-hydrogen) atoms. The van der Waals surface area contributed by atoms with Crippen molar-refractivity contribution < 1.29 is 14.6 Å². The predicted octanol–water partition coefficient (Wildman–Crippen LogP) is 2.86. The minimum Gasteiger partial charge on any atom is -0.497 e. The summed E-state index contributed by atoms with van der Waals surface area (Å²) in [6.07, 6.45) is 6.44. The second kappa shape index (κ2) is 7.35. The van der Waals surface area contributed by atoms with Crippen LogP contribution < -0.4 is 10.1 Å². The molecular formula is C19H27NO3. The van der Waals surface area contributed by atoms with E-state index in [0.717, 1.165) is 37.9 Å². The predicted molar refractivity (Wildman–Crippen MR) is 89.4 cm³/mol. The van der Waals surface area contributed by atoms with Crippen LogP contribution in [0.2, 0.25) is 0 Å². The van der Waals surface area contributed by atoms with Gasteiger partial charge in [-0.05, 0) is 42.9 Å². The van der Waals surface area contributed by atoms with Crippen LogP contribution in [0.4, 0.5) is 0 Å². The van der Waals surface area contributed by atoms with Gasteiger partial charge in [-0.2, -0.15) is 0 Å². The highest BCUT2D eigenvalue weighted by Gasteiger charge is 2.44. The number of hydrogen-bond donors (Lipinski definition) is 2. The van der Waals surface area contributed by atoms with Crippen molar-refractivity contribution in [3.63, 3.8) is 0 Å². The zero-order valence-electron chi connectivity index (χ0n) is 13.8. The third-order valence-electron chi connectivity index (χ3n) is 5.37. The van der Waals surface area contributed by atoms with Gasteiger partial charge in [0.2, 0.25) is 5.91 Å². The highest BCUT2D eigenvalue weighted by Crippen LogP contribution is 2.48. The first-order valence-corrected chi connectivity index (χ1v) is 8.78. The molecule has 2 aliphatic rings. The van der Waals surface area contributed by atoms with Crippen molar-refractivity contribution in [2.45, 2.75) is 50.5 Å². The highest BCUT2D eigenvalue weighted by atomic mass is 16.5. The summed E-state index contributed by atoms with van der Waals surface area (Å²) in [4.78, 5) is 12.6. The topological polar surface area (TPSA) is 58.6 Å². The fraction of sp³-hybridized carbons (Fsp3) is 0.632. The van der Waals surface area contributed by atoms with Gasteiger partial charge in [-0.25, -0.2) is 0 Å². The van der Waals surface area contributed by atoms with E-state index in [4.69, 9.17) is 4.74 Å². The smallest absolute Gasteiger partial charge is 0.223 e. The Hall–Kier alpha value is -1.55. The molecule has 126 valence electrons. The summed E-state index contributed by atoms with van der Waals surface area (Å²) in [6.45, 7) is 0.176. The molecule has 2 aliphatic carbocycles. The van der Waals surface area contributed by atoms with E-state index in [0.29, 0.717) is 5.92 Å². The van der Waals surface area contributed by atoms with Crippen LogP contribution >= 0.6 is 0 Å². The fourth-order valence-corrected chi connectivity index (χ4v) is 3.81. The molecule has 0 aliphatic heterocycles. The van der Waals surface area contributed by atoms with Crippen LogP contribution in [0.15, 0.2) is 24.3 Å². The SMILES string of the molecule is COc1cccc(C2CC2C(=O)NC2CCCCCC2CO)c1. The first kappa shape index (κ1) is 16.3. The summed E-state index contributed by atoms with van der Waals surface area (Å²) in [7, 11) is 1.66. The Labute approximate surface area is 138 Å². The van der Waals surface area contributed by atoms with Gasteiger partial charge in [0.05, 0.1) is 7.11 Å². The number of benzene rings is 1. The molecule has 0 saturated heterocycles. The van der Waals surface area contributed by atoms with Gasteiger partial charge in [0.1, 0.15) is 5.75 Å². The maximum absolute atomic E-state index is 12.6. The van der Waals surface area contributed by atoms with Crippen LogP contribution in [0.1, 0.15) is 50.0 Å². The normalized spacial score (nSPS) is 30.3. The molecular weight excluding hydrogens is 290 g/mol. The van der Waals surface area contributed by atoms with E-state index < -0.39 is 0 Å². The van der Waals surface area contributed by atoms with Gasteiger partial charge in [0.15, 0.2) is 0 Å². The summed E-state index contributed by atoms with van der Waals surface area (Å²) in [5.74, 6) is 1.60. The van der Waals surface area contributed by atoms with Crippen LogP contribution in [-0.2, 0) is 4.79 Å². The molecule has 2 saturated carbocycles. The molecule has 1 amide bonds. The Morgan fingerprint density at radius 2 is 2.13 bits per heavy atom. The Kier molecular flexibility index (Phi) is 5.21. The van der Waals surface area contributed by atoms with Gasteiger partial charge in [-0.15, -0.1) is 0 Å². The quantitative estimate of drug-likeness (QED) is 0.821. The van der Waals surface area contributed by atoms with E-state index in [1.54, 1.807) is 7.11 Å². The molecule has 4 nitrogen and oxygen atoms in total. The maximum atomic E-state index is 12.6. The first-order chi connectivity index (χ1) is 11.2. The largest absolute Gasteiger partial charge is 0.497 e. The number of methoxy groups -OCH3 is 1. The zero-order valence-corrected chi connectivity index (χ0v) is 13.8. The van der Waals surface area contributed by atoms with Crippen molar-refractivity contribution in [2.24, 2.45) is 11.8 Å². The number of carbonyl (C=O) groups excluding carboxylic acids is 1. The molecule has 2 fully saturated rings. The standard InChI is InChI=1S/C19H27NO3/c1-23-15-8-5-7-13(10-15)16-11-17(16)19(22)20-18-9-4-2-3-6-14(18)12-21/h5,7-8,10,14,16-18,21H,2-4,6,9,11-12H2,1H3,(H,20,22). The number of hydrogen-bond acceptors (Lipinski definition) is 3. The maximum Gasteiger partial charge on any atom is 0.223 e. The molecule has 4 atom stereocenters. The van der Waals surface area contributed by atoms with Crippen molar-refractivity contribution >= 4 is 5.91 Å². The van der Waals surface area contributed by atoms with Gasteiger partial charge in [-0.1, -0.05) is 31.4 Å². The number of amides is 1. The van der Waals surface area contributed by atoms with Crippen LogP contribution in [0.3, 0.4) is 0 Å².